The lowest BCUT2D eigenvalue weighted by atomic mass is 9.96. The zero-order valence-corrected chi connectivity index (χ0v) is 27.0. The molecule has 2 amide bonds. The van der Waals surface area contributed by atoms with Gasteiger partial charge in [0.1, 0.15) is 5.75 Å². The van der Waals surface area contributed by atoms with Gasteiger partial charge in [0.2, 0.25) is 11.9 Å². The standard InChI is InChI=1S/C34H41N7O5/c1-7-30(42)36-24-18-25(29(45-6)19-27(24)39(5)14-15-40(33(43)44)21-34(2,3)4)38-32-35-13-12-23(37-32)31-22-10-8-9-11-26(22)41-16-17-46-20-28(31)41/h7-13,18-19H,1,14-17,20-21H2,2-6H3,(H,36,42)(H,43,44)(H,35,37,38). The van der Waals surface area contributed by atoms with Gasteiger partial charge in [0, 0.05) is 62.0 Å². The number of methoxy groups -OCH3 is 1. The lowest BCUT2D eigenvalue weighted by Crippen LogP contribution is -2.41. The first-order chi connectivity index (χ1) is 22.0. The number of benzene rings is 2. The maximum absolute atomic E-state index is 12.5. The molecule has 1 aliphatic rings. The Morgan fingerprint density at radius 2 is 1.96 bits per heavy atom. The molecule has 2 aromatic carbocycles. The lowest BCUT2D eigenvalue weighted by Gasteiger charge is -2.30. The van der Waals surface area contributed by atoms with Crippen molar-refractivity contribution in [2.45, 2.75) is 33.9 Å². The molecule has 0 saturated carbocycles. The topological polar surface area (TPSA) is 134 Å². The minimum Gasteiger partial charge on any atom is -0.494 e. The number of anilines is 4. The molecule has 0 unspecified atom stereocenters. The molecule has 12 heteroatoms. The van der Waals surface area contributed by atoms with Crippen molar-refractivity contribution in [3.05, 3.63) is 67.0 Å². The van der Waals surface area contributed by atoms with Crippen LogP contribution in [0.5, 0.6) is 5.75 Å². The van der Waals surface area contributed by atoms with Crippen LogP contribution in [-0.2, 0) is 22.7 Å². The Kier molecular flexibility index (Phi) is 9.47. The molecule has 242 valence electrons. The van der Waals surface area contributed by atoms with E-state index in [4.69, 9.17) is 14.5 Å². The van der Waals surface area contributed by atoms with Crippen LogP contribution in [0.3, 0.4) is 0 Å². The van der Waals surface area contributed by atoms with Crippen LogP contribution in [0.25, 0.3) is 22.2 Å². The average molecular weight is 628 g/mol. The summed E-state index contributed by atoms with van der Waals surface area (Å²) in [5.74, 6) is 0.437. The van der Waals surface area contributed by atoms with E-state index in [1.165, 1.54) is 11.0 Å². The molecule has 4 aromatic rings. The van der Waals surface area contributed by atoms with E-state index in [0.29, 0.717) is 55.1 Å². The molecule has 0 saturated heterocycles. The van der Waals surface area contributed by atoms with Crippen LogP contribution in [0.4, 0.5) is 27.8 Å². The van der Waals surface area contributed by atoms with Crippen molar-refractivity contribution in [3.8, 4) is 17.0 Å². The van der Waals surface area contributed by atoms with Crippen LogP contribution in [0.15, 0.2) is 61.3 Å². The summed E-state index contributed by atoms with van der Waals surface area (Å²) >= 11 is 0. The van der Waals surface area contributed by atoms with E-state index in [1.54, 1.807) is 25.4 Å². The summed E-state index contributed by atoms with van der Waals surface area (Å²) in [4.78, 5) is 37.0. The van der Waals surface area contributed by atoms with E-state index >= 15 is 0 Å². The third-order valence-electron chi connectivity index (χ3n) is 7.75. The zero-order chi connectivity index (χ0) is 33.0. The fraction of sp³-hybridized carbons (Fsp3) is 0.353. The monoisotopic (exact) mass is 627 g/mol. The number of nitrogens with one attached hydrogen (secondary N) is 2. The van der Waals surface area contributed by atoms with Gasteiger partial charge in [-0.1, -0.05) is 45.5 Å². The fourth-order valence-corrected chi connectivity index (χ4v) is 5.69. The zero-order valence-electron chi connectivity index (χ0n) is 27.0. The highest BCUT2D eigenvalue weighted by molar-refractivity contribution is 6.02. The van der Waals surface area contributed by atoms with Crippen molar-refractivity contribution >= 4 is 45.9 Å². The van der Waals surface area contributed by atoms with E-state index in [-0.39, 0.29) is 12.0 Å². The number of hydrogen-bond donors (Lipinski definition) is 3. The number of ether oxygens (including phenoxy) is 2. The minimum atomic E-state index is -0.982. The molecule has 5 rings (SSSR count). The first-order valence-corrected chi connectivity index (χ1v) is 15.1. The Bertz CT molecular complexity index is 1760. The van der Waals surface area contributed by atoms with Crippen LogP contribution in [0.1, 0.15) is 26.5 Å². The second-order valence-electron chi connectivity index (χ2n) is 12.4. The van der Waals surface area contributed by atoms with Gasteiger partial charge in [-0.25, -0.2) is 14.8 Å². The molecule has 3 N–H and O–H groups in total. The van der Waals surface area contributed by atoms with Crippen molar-refractivity contribution in [1.29, 1.82) is 0 Å². The largest absolute Gasteiger partial charge is 0.494 e. The molecular formula is C34H41N7O5. The predicted octanol–water partition coefficient (Wildman–Crippen LogP) is 5.97. The summed E-state index contributed by atoms with van der Waals surface area (Å²) in [6.07, 6.45) is 1.91. The summed E-state index contributed by atoms with van der Waals surface area (Å²) in [7, 11) is 3.39. The van der Waals surface area contributed by atoms with Gasteiger partial charge in [0.15, 0.2) is 0 Å². The van der Waals surface area contributed by atoms with Gasteiger partial charge in [0.05, 0.1) is 48.8 Å². The van der Waals surface area contributed by atoms with E-state index < -0.39 is 12.0 Å². The Morgan fingerprint density at radius 1 is 1.17 bits per heavy atom. The molecule has 0 fully saturated rings. The fourth-order valence-electron chi connectivity index (χ4n) is 5.69. The smallest absolute Gasteiger partial charge is 0.407 e. The quantitative estimate of drug-likeness (QED) is 0.172. The third kappa shape index (κ3) is 7.07. The summed E-state index contributed by atoms with van der Waals surface area (Å²) < 4.78 is 13.9. The Morgan fingerprint density at radius 3 is 2.67 bits per heavy atom. The number of carbonyl (C=O) groups is 2. The van der Waals surface area contributed by atoms with Crippen molar-refractivity contribution in [2.75, 3.05) is 55.9 Å². The van der Waals surface area contributed by atoms with Gasteiger partial charge in [-0.2, -0.15) is 0 Å². The normalized spacial score (nSPS) is 12.7. The number of hydrogen-bond acceptors (Lipinski definition) is 8. The predicted molar refractivity (Wildman–Crippen MR) is 180 cm³/mol. The number of aromatic nitrogens is 3. The molecule has 0 atom stereocenters. The second kappa shape index (κ2) is 13.5. The SMILES string of the molecule is C=CC(=O)Nc1cc(Nc2nccc(-c3c4n(c5ccccc35)CCOC4)n2)c(OC)cc1N(C)CCN(CC(C)(C)C)C(=O)O. The molecule has 0 aliphatic carbocycles. The van der Waals surface area contributed by atoms with Crippen LogP contribution < -0.4 is 20.3 Å². The lowest BCUT2D eigenvalue weighted by molar-refractivity contribution is -0.111. The van der Waals surface area contributed by atoms with E-state index in [2.05, 4.69) is 38.9 Å². The highest BCUT2D eigenvalue weighted by atomic mass is 16.5. The van der Waals surface area contributed by atoms with Gasteiger partial charge in [-0.3, -0.25) is 4.79 Å². The molecule has 46 heavy (non-hydrogen) atoms. The summed E-state index contributed by atoms with van der Waals surface area (Å²) in [5.41, 5.74) is 5.42. The number of fused-ring (bicyclic) bond motifs is 3. The Hall–Kier alpha value is -5.10. The molecule has 0 spiro atoms. The van der Waals surface area contributed by atoms with Crippen LogP contribution in [-0.4, -0.2) is 76.9 Å². The van der Waals surface area contributed by atoms with Gasteiger partial charge >= 0.3 is 6.09 Å². The maximum atomic E-state index is 12.5. The first kappa shape index (κ1) is 32.3. The van der Waals surface area contributed by atoms with Crippen molar-refractivity contribution in [2.24, 2.45) is 5.41 Å². The van der Waals surface area contributed by atoms with Gasteiger partial charge in [-0.05, 0) is 29.7 Å². The van der Waals surface area contributed by atoms with E-state index in [0.717, 1.165) is 34.4 Å². The summed E-state index contributed by atoms with van der Waals surface area (Å²) in [5, 5.41) is 17.0. The number of nitrogens with zero attached hydrogens (tertiary/aromatic N) is 5. The first-order valence-electron chi connectivity index (χ1n) is 15.1. The number of likely N-dealkylation sites (N-methyl/N-ethyl adjacent to an activating group) is 1. The van der Waals surface area contributed by atoms with Crippen molar-refractivity contribution < 1.29 is 24.2 Å². The number of para-hydroxylation sites is 1. The summed E-state index contributed by atoms with van der Waals surface area (Å²) in [6, 6.07) is 13.7. The Balaban J connectivity index is 1.47. The number of rotatable bonds is 11. The van der Waals surface area contributed by atoms with Crippen molar-refractivity contribution in [3.63, 3.8) is 0 Å². The molecule has 1 aliphatic heterocycles. The summed E-state index contributed by atoms with van der Waals surface area (Å²) in [6.45, 7) is 12.5. The van der Waals surface area contributed by atoms with Gasteiger partial charge in [-0.15, -0.1) is 0 Å². The second-order valence-corrected chi connectivity index (χ2v) is 12.4. The molecule has 0 radical (unpaired) electrons. The number of amides is 2. The van der Waals surface area contributed by atoms with Gasteiger partial charge < -0.3 is 39.6 Å². The number of carbonyl (C=O) groups excluding carboxylic acids is 1. The van der Waals surface area contributed by atoms with E-state index in [9.17, 15) is 14.7 Å². The van der Waals surface area contributed by atoms with Crippen molar-refractivity contribution in [1.82, 2.24) is 19.4 Å². The molecule has 3 heterocycles. The molecular weight excluding hydrogens is 586 g/mol. The molecule has 12 nitrogen and oxygen atoms in total. The number of carboxylic acid groups (broad SMARTS) is 1. The van der Waals surface area contributed by atoms with Crippen LogP contribution in [0.2, 0.25) is 0 Å². The van der Waals surface area contributed by atoms with Crippen LogP contribution >= 0.6 is 0 Å². The van der Waals surface area contributed by atoms with Crippen LogP contribution in [0, 0.1) is 5.41 Å². The Labute approximate surface area is 268 Å². The van der Waals surface area contributed by atoms with E-state index in [1.807, 2.05) is 50.9 Å². The van der Waals surface area contributed by atoms with Gasteiger partial charge in [0.25, 0.3) is 0 Å². The maximum Gasteiger partial charge on any atom is 0.407 e. The minimum absolute atomic E-state index is 0.197. The highest BCUT2D eigenvalue weighted by Gasteiger charge is 2.24. The average Bonchev–Trinajstić information content (AvgIpc) is 3.37. The third-order valence-corrected chi connectivity index (χ3v) is 7.75. The highest BCUT2D eigenvalue weighted by Crippen LogP contribution is 2.39. The molecule has 0 bridgehead atoms. The molecule has 2 aromatic heterocycles.